The number of rotatable bonds is 4. The van der Waals surface area contributed by atoms with Crippen LogP contribution >= 0.6 is 43.2 Å². The molecule has 0 aliphatic heterocycles. The number of nitrogens with two attached hydrogens (primary N) is 1. The zero-order valence-electron chi connectivity index (χ0n) is 9.04. The van der Waals surface area contributed by atoms with Crippen LogP contribution in [0.4, 0.5) is 5.69 Å². The van der Waals surface area contributed by atoms with E-state index in [1.54, 1.807) is 11.3 Å². The molecule has 0 bridgehead atoms. The van der Waals surface area contributed by atoms with E-state index in [1.807, 2.05) is 12.1 Å². The van der Waals surface area contributed by atoms with Crippen LogP contribution < -0.4 is 11.1 Å². The van der Waals surface area contributed by atoms with Crippen molar-refractivity contribution < 1.29 is 0 Å². The molecule has 5 heteroatoms. The van der Waals surface area contributed by atoms with Gasteiger partial charge in [0.2, 0.25) is 0 Å². The first kappa shape index (κ1) is 13.1. The second kappa shape index (κ2) is 6.00. The Morgan fingerprint density at radius 2 is 1.94 bits per heavy atom. The Labute approximate surface area is 121 Å². The van der Waals surface area contributed by atoms with Crippen LogP contribution in [0.3, 0.4) is 0 Å². The standard InChI is InChI=1S/C12H12Br2N2S/c13-9-3-8(4-10(15)5-9)6-16-7-11-1-2-12(14)17-11/h1-5,16H,6-7,15H2. The average molecular weight is 376 g/mol. The van der Waals surface area contributed by atoms with Crippen molar-refractivity contribution in [1.29, 1.82) is 0 Å². The third-order valence-corrected chi connectivity index (χ3v) is 4.32. The molecule has 17 heavy (non-hydrogen) atoms. The summed E-state index contributed by atoms with van der Waals surface area (Å²) in [5.74, 6) is 0. The zero-order valence-corrected chi connectivity index (χ0v) is 13.0. The normalized spacial score (nSPS) is 10.7. The first-order chi connectivity index (χ1) is 8.13. The number of nitrogen functional groups attached to an aromatic ring is 1. The van der Waals surface area contributed by atoms with E-state index in [1.165, 1.54) is 14.2 Å². The van der Waals surface area contributed by atoms with Gasteiger partial charge in [0.1, 0.15) is 0 Å². The largest absolute Gasteiger partial charge is 0.399 e. The summed E-state index contributed by atoms with van der Waals surface area (Å²) in [6.45, 7) is 1.70. The lowest BCUT2D eigenvalue weighted by Gasteiger charge is -2.05. The number of anilines is 1. The zero-order chi connectivity index (χ0) is 12.3. The van der Waals surface area contributed by atoms with Gasteiger partial charge in [-0.3, -0.25) is 0 Å². The Morgan fingerprint density at radius 3 is 2.59 bits per heavy atom. The van der Waals surface area contributed by atoms with Crippen LogP contribution in [0.5, 0.6) is 0 Å². The van der Waals surface area contributed by atoms with Crippen molar-refractivity contribution in [3.05, 3.63) is 49.0 Å². The summed E-state index contributed by atoms with van der Waals surface area (Å²) in [7, 11) is 0. The SMILES string of the molecule is Nc1cc(Br)cc(CNCc2ccc(Br)s2)c1. The summed E-state index contributed by atoms with van der Waals surface area (Å²) in [6.07, 6.45) is 0. The Morgan fingerprint density at radius 1 is 1.12 bits per heavy atom. The minimum Gasteiger partial charge on any atom is -0.399 e. The molecule has 0 fully saturated rings. The van der Waals surface area contributed by atoms with E-state index in [0.29, 0.717) is 0 Å². The van der Waals surface area contributed by atoms with Crippen molar-refractivity contribution >= 4 is 48.9 Å². The number of thiophene rings is 1. The van der Waals surface area contributed by atoms with Crippen molar-refractivity contribution in [3.8, 4) is 0 Å². The molecule has 0 aliphatic carbocycles. The summed E-state index contributed by atoms with van der Waals surface area (Å²) < 4.78 is 2.19. The van der Waals surface area contributed by atoms with Crippen LogP contribution in [-0.4, -0.2) is 0 Å². The summed E-state index contributed by atoms with van der Waals surface area (Å²) in [5, 5.41) is 3.40. The molecule has 0 saturated carbocycles. The molecule has 2 nitrogen and oxygen atoms in total. The van der Waals surface area contributed by atoms with Gasteiger partial charge in [-0.1, -0.05) is 15.9 Å². The molecule has 90 valence electrons. The molecular weight excluding hydrogens is 364 g/mol. The summed E-state index contributed by atoms with van der Waals surface area (Å²) in [6, 6.07) is 10.2. The Kier molecular flexibility index (Phi) is 4.62. The number of benzene rings is 1. The minimum atomic E-state index is 0.787. The quantitative estimate of drug-likeness (QED) is 0.788. The molecule has 2 aromatic rings. The molecule has 0 radical (unpaired) electrons. The van der Waals surface area contributed by atoms with Crippen molar-refractivity contribution in [2.24, 2.45) is 0 Å². The Balaban J connectivity index is 1.89. The third kappa shape index (κ3) is 4.10. The molecule has 0 amide bonds. The second-order valence-corrected chi connectivity index (χ2v) is 7.17. The highest BCUT2D eigenvalue weighted by molar-refractivity contribution is 9.11. The van der Waals surface area contributed by atoms with Gasteiger partial charge in [0.05, 0.1) is 3.79 Å². The van der Waals surface area contributed by atoms with E-state index in [4.69, 9.17) is 5.73 Å². The molecule has 0 spiro atoms. The number of halogens is 2. The maximum absolute atomic E-state index is 5.78. The van der Waals surface area contributed by atoms with Crippen LogP contribution in [-0.2, 0) is 13.1 Å². The average Bonchev–Trinajstić information content (AvgIpc) is 2.63. The van der Waals surface area contributed by atoms with Gasteiger partial charge in [-0.25, -0.2) is 0 Å². The van der Waals surface area contributed by atoms with E-state index in [0.717, 1.165) is 23.2 Å². The molecular formula is C12H12Br2N2S. The predicted molar refractivity (Wildman–Crippen MR) is 81.1 cm³/mol. The smallest absolute Gasteiger partial charge is 0.0701 e. The first-order valence-corrected chi connectivity index (χ1v) is 7.53. The molecule has 0 aliphatic rings. The lowest BCUT2D eigenvalue weighted by atomic mass is 10.2. The highest BCUT2D eigenvalue weighted by atomic mass is 79.9. The molecule has 1 aromatic heterocycles. The first-order valence-electron chi connectivity index (χ1n) is 5.13. The van der Waals surface area contributed by atoms with E-state index in [-0.39, 0.29) is 0 Å². The van der Waals surface area contributed by atoms with Gasteiger partial charge in [0.15, 0.2) is 0 Å². The van der Waals surface area contributed by atoms with Gasteiger partial charge in [0, 0.05) is 28.1 Å². The summed E-state index contributed by atoms with van der Waals surface area (Å²) in [5.41, 5.74) is 7.76. The fraction of sp³-hybridized carbons (Fsp3) is 0.167. The monoisotopic (exact) mass is 374 g/mol. The molecule has 1 heterocycles. The summed E-state index contributed by atoms with van der Waals surface area (Å²) >= 11 is 8.65. The number of hydrogen-bond acceptors (Lipinski definition) is 3. The van der Waals surface area contributed by atoms with Crippen LogP contribution in [0.2, 0.25) is 0 Å². The fourth-order valence-electron chi connectivity index (χ4n) is 1.55. The molecule has 0 unspecified atom stereocenters. The molecule has 0 atom stereocenters. The highest BCUT2D eigenvalue weighted by Crippen LogP contribution is 2.22. The Hall–Kier alpha value is -0.360. The van der Waals surface area contributed by atoms with Gasteiger partial charge in [-0.05, 0) is 51.8 Å². The van der Waals surface area contributed by atoms with Crippen molar-refractivity contribution in [3.63, 3.8) is 0 Å². The van der Waals surface area contributed by atoms with Gasteiger partial charge in [-0.15, -0.1) is 11.3 Å². The fourth-order valence-corrected chi connectivity index (χ4v) is 3.57. The van der Waals surface area contributed by atoms with Crippen molar-refractivity contribution in [2.45, 2.75) is 13.1 Å². The van der Waals surface area contributed by atoms with E-state index < -0.39 is 0 Å². The topological polar surface area (TPSA) is 38.0 Å². The minimum absolute atomic E-state index is 0.787. The van der Waals surface area contributed by atoms with Gasteiger partial charge in [-0.2, -0.15) is 0 Å². The van der Waals surface area contributed by atoms with Gasteiger partial charge < -0.3 is 11.1 Å². The predicted octanol–water partition coefficient (Wildman–Crippen LogP) is 4.15. The summed E-state index contributed by atoms with van der Waals surface area (Å²) in [4.78, 5) is 1.32. The maximum Gasteiger partial charge on any atom is 0.0701 e. The Bertz CT molecular complexity index is 491. The van der Waals surface area contributed by atoms with Crippen LogP contribution in [0.15, 0.2) is 38.6 Å². The third-order valence-electron chi connectivity index (χ3n) is 2.24. The van der Waals surface area contributed by atoms with Gasteiger partial charge in [0.25, 0.3) is 0 Å². The van der Waals surface area contributed by atoms with E-state index in [2.05, 4.69) is 55.4 Å². The molecule has 1 aromatic carbocycles. The van der Waals surface area contributed by atoms with Crippen LogP contribution in [0, 0.1) is 0 Å². The van der Waals surface area contributed by atoms with E-state index >= 15 is 0 Å². The second-order valence-electron chi connectivity index (χ2n) is 3.70. The molecule has 0 saturated heterocycles. The highest BCUT2D eigenvalue weighted by Gasteiger charge is 1.99. The van der Waals surface area contributed by atoms with Crippen molar-refractivity contribution in [1.82, 2.24) is 5.32 Å². The maximum atomic E-state index is 5.78. The van der Waals surface area contributed by atoms with Crippen LogP contribution in [0.25, 0.3) is 0 Å². The van der Waals surface area contributed by atoms with E-state index in [9.17, 15) is 0 Å². The number of nitrogens with one attached hydrogen (secondary N) is 1. The molecule has 3 N–H and O–H groups in total. The lowest BCUT2D eigenvalue weighted by Crippen LogP contribution is -2.11. The van der Waals surface area contributed by atoms with Gasteiger partial charge >= 0.3 is 0 Å². The number of hydrogen-bond donors (Lipinski definition) is 2. The molecule has 2 rings (SSSR count). The van der Waals surface area contributed by atoms with Crippen LogP contribution in [0.1, 0.15) is 10.4 Å². The lowest BCUT2D eigenvalue weighted by molar-refractivity contribution is 0.701. The van der Waals surface area contributed by atoms with Crippen molar-refractivity contribution in [2.75, 3.05) is 5.73 Å².